The second kappa shape index (κ2) is 8.05. The number of halogens is 1. The smallest absolute Gasteiger partial charge is 0.337 e. The van der Waals surface area contributed by atoms with E-state index in [2.05, 4.69) is 0 Å². The highest BCUT2D eigenvalue weighted by molar-refractivity contribution is 14.1. The zero-order valence-corrected chi connectivity index (χ0v) is 12.2. The minimum absolute atomic E-state index is 0.240. The molecule has 0 unspecified atom stereocenters. The highest BCUT2D eigenvalue weighted by atomic mass is 127. The summed E-state index contributed by atoms with van der Waals surface area (Å²) < 4.78 is 6.40. The lowest BCUT2D eigenvalue weighted by Crippen LogP contribution is -2.18. The van der Waals surface area contributed by atoms with E-state index in [1.165, 1.54) is 4.08 Å². The quantitative estimate of drug-likeness (QED) is 0.500. The first-order chi connectivity index (χ1) is 8.69. The summed E-state index contributed by atoms with van der Waals surface area (Å²) in [5.41, 5.74) is 1.21. The molecule has 4 heteroatoms. The molecular weight excluding hydrogens is 343 g/mol. The fraction of sp³-hybridized carbons (Fsp3) is 0.214. The van der Waals surface area contributed by atoms with Crippen LogP contribution < -0.4 is 0 Å². The molecule has 18 heavy (non-hydrogen) atoms. The number of hydrogen-bond acceptors (Lipinski definition) is 3. The summed E-state index contributed by atoms with van der Waals surface area (Å²) in [5, 5.41) is 9.91. The highest BCUT2D eigenvalue weighted by Crippen LogP contribution is 2.12. The lowest BCUT2D eigenvalue weighted by molar-refractivity contribution is -0.139. The van der Waals surface area contributed by atoms with E-state index in [1.54, 1.807) is 19.1 Å². The third-order valence-electron chi connectivity index (χ3n) is 2.22. The van der Waals surface area contributed by atoms with Crippen LogP contribution in [-0.4, -0.2) is 23.8 Å². The molecule has 0 spiro atoms. The SMILES string of the molecule is CCOC(=O)/C(=C\I)[C@@H](O)/C=C/c1ccccc1. The Bertz CT molecular complexity index is 438. The van der Waals surface area contributed by atoms with Crippen molar-refractivity contribution in [1.82, 2.24) is 0 Å². The first-order valence-electron chi connectivity index (χ1n) is 5.57. The van der Waals surface area contributed by atoms with Crippen LogP contribution in [0.3, 0.4) is 0 Å². The van der Waals surface area contributed by atoms with Crippen LogP contribution in [0.25, 0.3) is 6.08 Å². The summed E-state index contributed by atoms with van der Waals surface area (Å²) in [4.78, 5) is 11.5. The summed E-state index contributed by atoms with van der Waals surface area (Å²) in [6.45, 7) is 2.02. The van der Waals surface area contributed by atoms with Crippen LogP contribution in [0, 0.1) is 0 Å². The maximum Gasteiger partial charge on any atom is 0.337 e. The largest absolute Gasteiger partial charge is 0.463 e. The molecular formula is C14H15IO3. The molecule has 0 bridgehead atoms. The van der Waals surface area contributed by atoms with Crippen molar-refractivity contribution >= 4 is 34.6 Å². The molecule has 3 nitrogen and oxygen atoms in total. The predicted octanol–water partition coefficient (Wildman–Crippen LogP) is 2.94. The number of carbonyl (C=O) groups excluding carboxylic acids is 1. The third kappa shape index (κ3) is 4.62. The first-order valence-corrected chi connectivity index (χ1v) is 6.82. The summed E-state index contributed by atoms with van der Waals surface area (Å²) in [6.07, 6.45) is 2.38. The van der Waals surface area contributed by atoms with Crippen molar-refractivity contribution in [3.05, 3.63) is 51.6 Å². The molecule has 0 saturated heterocycles. The van der Waals surface area contributed by atoms with Crippen LogP contribution in [-0.2, 0) is 9.53 Å². The number of esters is 1. The maximum atomic E-state index is 11.5. The van der Waals surface area contributed by atoms with Gasteiger partial charge in [-0.2, -0.15) is 0 Å². The Morgan fingerprint density at radius 2 is 2.11 bits per heavy atom. The van der Waals surface area contributed by atoms with Crippen LogP contribution in [0.2, 0.25) is 0 Å². The van der Waals surface area contributed by atoms with Gasteiger partial charge in [-0.3, -0.25) is 0 Å². The average molecular weight is 358 g/mol. The Morgan fingerprint density at radius 1 is 1.44 bits per heavy atom. The molecule has 0 aliphatic heterocycles. The van der Waals surface area contributed by atoms with Gasteiger partial charge in [0.1, 0.15) is 6.10 Å². The van der Waals surface area contributed by atoms with Gasteiger partial charge in [-0.25, -0.2) is 4.79 Å². The number of rotatable bonds is 5. The number of hydrogen-bond donors (Lipinski definition) is 1. The molecule has 1 aromatic carbocycles. The lowest BCUT2D eigenvalue weighted by atomic mass is 10.1. The second-order valence-corrected chi connectivity index (χ2v) is 4.12. The molecule has 1 rings (SSSR count). The number of aliphatic hydroxyl groups is 1. The average Bonchev–Trinajstić information content (AvgIpc) is 2.39. The van der Waals surface area contributed by atoms with E-state index < -0.39 is 12.1 Å². The van der Waals surface area contributed by atoms with Crippen molar-refractivity contribution in [3.63, 3.8) is 0 Å². The molecule has 0 aromatic heterocycles. The molecule has 0 amide bonds. The van der Waals surface area contributed by atoms with Gasteiger partial charge in [0.15, 0.2) is 0 Å². The lowest BCUT2D eigenvalue weighted by Gasteiger charge is -2.09. The number of benzene rings is 1. The molecule has 0 radical (unpaired) electrons. The van der Waals surface area contributed by atoms with Gasteiger partial charge in [0.25, 0.3) is 0 Å². The summed E-state index contributed by atoms with van der Waals surface area (Å²) >= 11 is 1.92. The fourth-order valence-electron chi connectivity index (χ4n) is 1.31. The van der Waals surface area contributed by atoms with Gasteiger partial charge >= 0.3 is 5.97 Å². The standard InChI is InChI=1S/C14H15IO3/c1-2-18-14(17)12(10-15)13(16)9-8-11-6-4-3-5-7-11/h3-10,13,16H,2H2,1H3/b9-8+,12-10-/t13-/m0/s1. The maximum absolute atomic E-state index is 11.5. The molecule has 1 atom stereocenters. The van der Waals surface area contributed by atoms with Gasteiger partial charge in [0.05, 0.1) is 12.2 Å². The van der Waals surface area contributed by atoms with E-state index in [0.717, 1.165) is 5.56 Å². The zero-order chi connectivity index (χ0) is 13.4. The Balaban J connectivity index is 2.72. The normalized spacial score (nSPS) is 13.6. The third-order valence-corrected chi connectivity index (χ3v) is 2.89. The first kappa shape index (κ1) is 14.9. The summed E-state index contributed by atoms with van der Waals surface area (Å²) in [6, 6.07) is 9.57. The molecule has 0 aliphatic rings. The molecule has 0 saturated carbocycles. The van der Waals surface area contributed by atoms with E-state index in [9.17, 15) is 9.90 Å². The van der Waals surface area contributed by atoms with E-state index in [1.807, 2.05) is 52.9 Å². The fourth-order valence-corrected chi connectivity index (χ4v) is 1.94. The topological polar surface area (TPSA) is 46.5 Å². The minimum atomic E-state index is -0.957. The number of carbonyl (C=O) groups is 1. The van der Waals surface area contributed by atoms with Gasteiger partial charge in [-0.15, -0.1) is 0 Å². The van der Waals surface area contributed by atoms with Crippen LogP contribution in [0.1, 0.15) is 12.5 Å². The van der Waals surface area contributed by atoms with E-state index in [-0.39, 0.29) is 5.57 Å². The molecule has 1 aromatic rings. The molecule has 96 valence electrons. The van der Waals surface area contributed by atoms with Crippen LogP contribution >= 0.6 is 22.6 Å². The van der Waals surface area contributed by atoms with E-state index in [4.69, 9.17) is 4.74 Å². The Morgan fingerprint density at radius 3 is 2.67 bits per heavy atom. The number of aliphatic hydroxyl groups excluding tert-OH is 1. The van der Waals surface area contributed by atoms with Crippen molar-refractivity contribution < 1.29 is 14.6 Å². The van der Waals surface area contributed by atoms with Crippen molar-refractivity contribution in [1.29, 1.82) is 0 Å². The highest BCUT2D eigenvalue weighted by Gasteiger charge is 2.16. The van der Waals surface area contributed by atoms with Crippen molar-refractivity contribution in [3.8, 4) is 0 Å². The van der Waals surface area contributed by atoms with Gasteiger partial charge < -0.3 is 9.84 Å². The summed E-state index contributed by atoms with van der Waals surface area (Å²) in [5.74, 6) is -0.489. The van der Waals surface area contributed by atoms with Gasteiger partial charge in [-0.1, -0.05) is 65.1 Å². The Hall–Kier alpha value is -1.14. The molecule has 1 N–H and O–H groups in total. The van der Waals surface area contributed by atoms with Gasteiger partial charge in [0, 0.05) is 0 Å². The van der Waals surface area contributed by atoms with Crippen molar-refractivity contribution in [2.24, 2.45) is 0 Å². The van der Waals surface area contributed by atoms with Crippen molar-refractivity contribution in [2.75, 3.05) is 6.61 Å². The summed E-state index contributed by atoms with van der Waals surface area (Å²) in [7, 11) is 0. The predicted molar refractivity (Wildman–Crippen MR) is 80.2 cm³/mol. The zero-order valence-electron chi connectivity index (χ0n) is 10.0. The molecule has 0 aliphatic carbocycles. The molecule has 0 fully saturated rings. The van der Waals surface area contributed by atoms with Gasteiger partial charge in [-0.05, 0) is 16.6 Å². The van der Waals surface area contributed by atoms with Crippen molar-refractivity contribution in [2.45, 2.75) is 13.0 Å². The van der Waals surface area contributed by atoms with E-state index in [0.29, 0.717) is 6.61 Å². The van der Waals surface area contributed by atoms with E-state index >= 15 is 0 Å². The molecule has 0 heterocycles. The van der Waals surface area contributed by atoms with Crippen LogP contribution in [0.4, 0.5) is 0 Å². The Kier molecular flexibility index (Phi) is 6.67. The Labute approximate surface area is 120 Å². The van der Waals surface area contributed by atoms with Crippen LogP contribution in [0.5, 0.6) is 0 Å². The van der Waals surface area contributed by atoms with Crippen LogP contribution in [0.15, 0.2) is 46.1 Å². The second-order valence-electron chi connectivity index (χ2n) is 3.50. The monoisotopic (exact) mass is 358 g/mol. The minimum Gasteiger partial charge on any atom is -0.463 e. The number of ether oxygens (including phenoxy) is 1. The van der Waals surface area contributed by atoms with Gasteiger partial charge in [0.2, 0.25) is 0 Å².